The maximum atomic E-state index is 11.6. The van der Waals surface area contributed by atoms with Crippen molar-refractivity contribution in [2.24, 2.45) is 5.92 Å². The Labute approximate surface area is 130 Å². The lowest BCUT2D eigenvalue weighted by Gasteiger charge is -2.11. The van der Waals surface area contributed by atoms with Crippen LogP contribution in [0.25, 0.3) is 0 Å². The molecule has 3 N–H and O–H groups in total. The van der Waals surface area contributed by atoms with E-state index in [0.717, 1.165) is 18.8 Å². The van der Waals surface area contributed by atoms with Crippen LogP contribution in [0.5, 0.6) is 0 Å². The van der Waals surface area contributed by atoms with Gasteiger partial charge in [-0.15, -0.1) is 0 Å². The zero-order chi connectivity index (χ0) is 15.8. The lowest BCUT2D eigenvalue weighted by atomic mass is 10.1. The molecule has 0 radical (unpaired) electrons. The van der Waals surface area contributed by atoms with Gasteiger partial charge in [0.05, 0.1) is 11.5 Å². The first kappa shape index (κ1) is 16.5. The van der Waals surface area contributed by atoms with Crippen LogP contribution in [0.2, 0.25) is 0 Å². The fourth-order valence-electron chi connectivity index (χ4n) is 2.31. The summed E-state index contributed by atoms with van der Waals surface area (Å²) >= 11 is 0. The number of hydrogen-bond acceptors (Lipinski definition) is 5. The average Bonchev–Trinajstić information content (AvgIpc) is 2.85. The average molecular weight is 326 g/mol. The van der Waals surface area contributed by atoms with E-state index in [9.17, 15) is 13.2 Å². The summed E-state index contributed by atoms with van der Waals surface area (Å²) in [6, 6.07) is 5.40. The molecule has 0 unspecified atom stereocenters. The van der Waals surface area contributed by atoms with Crippen LogP contribution in [-0.2, 0) is 9.84 Å². The lowest BCUT2D eigenvalue weighted by molar-refractivity contribution is 0.239. The Morgan fingerprint density at radius 2 is 2.14 bits per heavy atom. The van der Waals surface area contributed by atoms with E-state index in [1.165, 1.54) is 0 Å². The van der Waals surface area contributed by atoms with Crippen LogP contribution >= 0.6 is 0 Å². The molecule has 1 aliphatic rings. The van der Waals surface area contributed by atoms with E-state index in [1.807, 2.05) is 18.2 Å². The fraction of sp³-hybridized carbons (Fsp3) is 0.571. The molecule has 0 aliphatic carbocycles. The number of nitrogens with zero attached hydrogens (tertiary/aromatic N) is 1. The molecular formula is C14H22N4O3S. The van der Waals surface area contributed by atoms with E-state index < -0.39 is 9.84 Å². The molecule has 0 aromatic carbocycles. The highest BCUT2D eigenvalue weighted by Gasteiger charge is 2.27. The van der Waals surface area contributed by atoms with E-state index >= 15 is 0 Å². The van der Waals surface area contributed by atoms with Crippen molar-refractivity contribution in [3.05, 3.63) is 24.4 Å². The topological polar surface area (TPSA) is 100 Å². The number of carbonyl (C=O) groups is 1. The number of rotatable bonds is 7. The number of hydrogen-bond donors (Lipinski definition) is 3. The molecule has 122 valence electrons. The Balaban J connectivity index is 1.51. The number of sulfone groups is 1. The molecule has 1 fully saturated rings. The third-order valence-corrected chi connectivity index (χ3v) is 5.33. The number of anilines is 1. The highest BCUT2D eigenvalue weighted by atomic mass is 32.2. The van der Waals surface area contributed by atoms with Crippen molar-refractivity contribution in [2.45, 2.75) is 12.8 Å². The summed E-state index contributed by atoms with van der Waals surface area (Å²) < 4.78 is 22.6. The van der Waals surface area contributed by atoms with Crippen LogP contribution in [-0.4, -0.2) is 50.6 Å². The van der Waals surface area contributed by atoms with Gasteiger partial charge in [0.2, 0.25) is 0 Å². The molecule has 1 atom stereocenters. The minimum atomic E-state index is -2.88. The maximum absolute atomic E-state index is 11.6. The molecule has 2 heterocycles. The van der Waals surface area contributed by atoms with Crippen LogP contribution < -0.4 is 16.0 Å². The number of urea groups is 1. The summed E-state index contributed by atoms with van der Waals surface area (Å²) in [6.45, 7) is 1.68. The summed E-state index contributed by atoms with van der Waals surface area (Å²) in [7, 11) is -2.88. The van der Waals surface area contributed by atoms with Crippen molar-refractivity contribution in [3.63, 3.8) is 0 Å². The van der Waals surface area contributed by atoms with E-state index in [-0.39, 0.29) is 23.5 Å². The molecule has 1 aliphatic heterocycles. The molecule has 8 heteroatoms. The molecule has 1 aromatic heterocycles. The molecule has 1 saturated heterocycles. The quantitative estimate of drug-likeness (QED) is 0.638. The van der Waals surface area contributed by atoms with Gasteiger partial charge in [-0.1, -0.05) is 6.07 Å². The summed E-state index contributed by atoms with van der Waals surface area (Å²) in [4.78, 5) is 15.7. The molecule has 0 bridgehead atoms. The second-order valence-corrected chi connectivity index (χ2v) is 7.63. The first-order valence-electron chi connectivity index (χ1n) is 7.42. The molecule has 2 amide bonds. The zero-order valence-corrected chi connectivity index (χ0v) is 13.2. The number of pyridine rings is 1. The minimum Gasteiger partial charge on any atom is -0.370 e. The van der Waals surface area contributed by atoms with Crippen LogP contribution in [0.1, 0.15) is 12.8 Å². The third kappa shape index (κ3) is 5.88. The van der Waals surface area contributed by atoms with Gasteiger partial charge in [0.15, 0.2) is 9.84 Å². The predicted octanol–water partition coefficient (Wildman–Crippen LogP) is 0.618. The van der Waals surface area contributed by atoms with E-state index in [4.69, 9.17) is 0 Å². The highest BCUT2D eigenvalue weighted by molar-refractivity contribution is 7.91. The number of aromatic nitrogens is 1. The van der Waals surface area contributed by atoms with Crippen LogP contribution in [0.4, 0.5) is 10.6 Å². The summed E-state index contributed by atoms with van der Waals surface area (Å²) in [5.41, 5.74) is 0. The van der Waals surface area contributed by atoms with Crippen molar-refractivity contribution < 1.29 is 13.2 Å². The summed E-state index contributed by atoms with van der Waals surface area (Å²) in [5, 5.41) is 8.63. The van der Waals surface area contributed by atoms with Crippen molar-refractivity contribution in [1.29, 1.82) is 0 Å². The number of nitrogens with one attached hydrogen (secondary N) is 3. The molecule has 7 nitrogen and oxygen atoms in total. The van der Waals surface area contributed by atoms with Gasteiger partial charge < -0.3 is 16.0 Å². The molecule has 0 spiro atoms. The van der Waals surface area contributed by atoms with E-state index in [0.29, 0.717) is 19.5 Å². The molecule has 0 saturated carbocycles. The predicted molar refractivity (Wildman–Crippen MR) is 85.5 cm³/mol. The standard InChI is InChI=1S/C14H22N4O3S/c19-14(18-10-12-5-9-22(20,21)11-12)17-8-3-7-16-13-4-1-2-6-15-13/h1-2,4,6,12H,3,5,7-11H2,(H,15,16)(H2,17,18,19)/t12-/m0/s1. The second-order valence-electron chi connectivity index (χ2n) is 5.40. The Kier molecular flexibility index (Phi) is 6.00. The second kappa shape index (κ2) is 7.98. The van der Waals surface area contributed by atoms with Gasteiger partial charge >= 0.3 is 6.03 Å². The highest BCUT2D eigenvalue weighted by Crippen LogP contribution is 2.17. The summed E-state index contributed by atoms with van der Waals surface area (Å²) in [6.07, 6.45) is 3.13. The normalized spacial score (nSPS) is 19.5. The van der Waals surface area contributed by atoms with Crippen molar-refractivity contribution in [3.8, 4) is 0 Å². The monoisotopic (exact) mass is 326 g/mol. The maximum Gasteiger partial charge on any atom is 0.314 e. The minimum absolute atomic E-state index is 0.0431. The Hall–Kier alpha value is -1.83. The van der Waals surface area contributed by atoms with Gasteiger partial charge in [-0.3, -0.25) is 0 Å². The van der Waals surface area contributed by atoms with Crippen LogP contribution in [0.15, 0.2) is 24.4 Å². The zero-order valence-electron chi connectivity index (χ0n) is 12.4. The molecule has 1 aromatic rings. The SMILES string of the molecule is O=C(NCCCNc1ccccn1)NC[C@@H]1CCS(=O)(=O)C1. The van der Waals surface area contributed by atoms with Gasteiger partial charge in [0.1, 0.15) is 5.82 Å². The largest absolute Gasteiger partial charge is 0.370 e. The first-order chi connectivity index (χ1) is 10.6. The first-order valence-corrected chi connectivity index (χ1v) is 9.24. The lowest BCUT2D eigenvalue weighted by Crippen LogP contribution is -2.39. The third-order valence-electron chi connectivity index (χ3n) is 3.49. The number of amides is 2. The molecule has 22 heavy (non-hydrogen) atoms. The van der Waals surface area contributed by atoms with Crippen LogP contribution in [0, 0.1) is 5.92 Å². The van der Waals surface area contributed by atoms with Crippen molar-refractivity contribution in [1.82, 2.24) is 15.6 Å². The Morgan fingerprint density at radius 1 is 1.27 bits per heavy atom. The Morgan fingerprint density at radius 3 is 2.82 bits per heavy atom. The van der Waals surface area contributed by atoms with E-state index in [2.05, 4.69) is 20.9 Å². The van der Waals surface area contributed by atoms with Gasteiger partial charge in [0, 0.05) is 25.8 Å². The molecular weight excluding hydrogens is 304 g/mol. The molecule has 2 rings (SSSR count). The van der Waals surface area contributed by atoms with Crippen molar-refractivity contribution in [2.75, 3.05) is 36.5 Å². The van der Waals surface area contributed by atoms with Crippen LogP contribution in [0.3, 0.4) is 0 Å². The summed E-state index contributed by atoms with van der Waals surface area (Å²) in [5.74, 6) is 1.28. The van der Waals surface area contributed by atoms with Gasteiger partial charge in [-0.25, -0.2) is 18.2 Å². The van der Waals surface area contributed by atoms with E-state index in [1.54, 1.807) is 6.20 Å². The van der Waals surface area contributed by atoms with Gasteiger partial charge in [0.25, 0.3) is 0 Å². The fourth-order valence-corrected chi connectivity index (χ4v) is 4.17. The Bertz CT molecular complexity index is 577. The van der Waals surface area contributed by atoms with Crippen molar-refractivity contribution >= 4 is 21.7 Å². The smallest absolute Gasteiger partial charge is 0.314 e. The van der Waals surface area contributed by atoms with Gasteiger partial charge in [-0.05, 0) is 30.9 Å². The number of carbonyl (C=O) groups excluding carboxylic acids is 1. The van der Waals surface area contributed by atoms with Gasteiger partial charge in [-0.2, -0.15) is 0 Å².